The SMILES string of the molecule is O=C(NCc1nccnc1-c1ccco1)Nc1cccnc1. The van der Waals surface area contributed by atoms with Gasteiger partial charge in [0.2, 0.25) is 0 Å². The van der Waals surface area contributed by atoms with Crippen molar-refractivity contribution in [1.82, 2.24) is 20.3 Å². The maximum Gasteiger partial charge on any atom is 0.319 e. The van der Waals surface area contributed by atoms with Crippen molar-refractivity contribution in [3.63, 3.8) is 0 Å². The summed E-state index contributed by atoms with van der Waals surface area (Å²) in [7, 11) is 0. The third kappa shape index (κ3) is 3.26. The Morgan fingerprint density at radius 1 is 1.14 bits per heavy atom. The Kier molecular flexibility index (Phi) is 4.05. The van der Waals surface area contributed by atoms with Gasteiger partial charge in [0.1, 0.15) is 5.69 Å². The van der Waals surface area contributed by atoms with Crippen LogP contribution in [-0.2, 0) is 6.54 Å². The number of hydrogen-bond acceptors (Lipinski definition) is 5. The molecular weight excluding hydrogens is 282 g/mol. The van der Waals surface area contributed by atoms with Crippen LogP contribution < -0.4 is 10.6 Å². The zero-order valence-electron chi connectivity index (χ0n) is 11.6. The van der Waals surface area contributed by atoms with Gasteiger partial charge in [-0.05, 0) is 24.3 Å². The number of hydrogen-bond donors (Lipinski definition) is 2. The van der Waals surface area contributed by atoms with Gasteiger partial charge in [-0.1, -0.05) is 0 Å². The fourth-order valence-electron chi connectivity index (χ4n) is 1.89. The van der Waals surface area contributed by atoms with Crippen LogP contribution in [0.1, 0.15) is 5.69 Å². The van der Waals surface area contributed by atoms with Crippen molar-refractivity contribution in [2.24, 2.45) is 0 Å². The average Bonchev–Trinajstić information content (AvgIpc) is 3.08. The number of furan rings is 1. The molecule has 0 atom stereocenters. The topological polar surface area (TPSA) is 92.9 Å². The number of rotatable bonds is 4. The molecule has 0 aliphatic rings. The van der Waals surface area contributed by atoms with Crippen LogP contribution in [0.5, 0.6) is 0 Å². The minimum Gasteiger partial charge on any atom is -0.463 e. The number of anilines is 1. The molecule has 3 heterocycles. The summed E-state index contributed by atoms with van der Waals surface area (Å²) in [6.07, 6.45) is 7.92. The minimum atomic E-state index is -0.343. The molecule has 2 amide bonds. The van der Waals surface area contributed by atoms with Gasteiger partial charge in [-0.25, -0.2) is 9.78 Å². The molecule has 0 radical (unpaired) electrons. The van der Waals surface area contributed by atoms with E-state index in [0.717, 1.165) is 0 Å². The quantitative estimate of drug-likeness (QED) is 0.771. The summed E-state index contributed by atoms with van der Waals surface area (Å²) < 4.78 is 5.32. The van der Waals surface area contributed by atoms with Crippen LogP contribution in [0.3, 0.4) is 0 Å². The fraction of sp³-hybridized carbons (Fsp3) is 0.0667. The number of carbonyl (C=O) groups is 1. The van der Waals surface area contributed by atoms with Crippen molar-refractivity contribution in [1.29, 1.82) is 0 Å². The van der Waals surface area contributed by atoms with Crippen molar-refractivity contribution in [3.8, 4) is 11.5 Å². The minimum absolute atomic E-state index is 0.232. The molecule has 0 spiro atoms. The average molecular weight is 295 g/mol. The van der Waals surface area contributed by atoms with Crippen LogP contribution in [0.2, 0.25) is 0 Å². The van der Waals surface area contributed by atoms with Gasteiger partial charge < -0.3 is 15.1 Å². The normalized spacial score (nSPS) is 10.2. The number of amides is 2. The van der Waals surface area contributed by atoms with Crippen molar-refractivity contribution in [2.45, 2.75) is 6.54 Å². The predicted molar refractivity (Wildman–Crippen MR) is 79.8 cm³/mol. The molecule has 7 nitrogen and oxygen atoms in total. The zero-order valence-corrected chi connectivity index (χ0v) is 11.6. The first kappa shape index (κ1) is 13.7. The molecule has 110 valence electrons. The molecule has 0 bridgehead atoms. The van der Waals surface area contributed by atoms with Crippen molar-refractivity contribution < 1.29 is 9.21 Å². The first-order valence-electron chi connectivity index (χ1n) is 6.61. The van der Waals surface area contributed by atoms with Gasteiger partial charge in [-0.15, -0.1) is 0 Å². The molecule has 0 fully saturated rings. The third-order valence-corrected chi connectivity index (χ3v) is 2.86. The predicted octanol–water partition coefficient (Wildman–Crippen LogP) is 2.45. The first-order valence-corrected chi connectivity index (χ1v) is 6.61. The van der Waals surface area contributed by atoms with E-state index in [9.17, 15) is 4.79 Å². The highest BCUT2D eigenvalue weighted by molar-refractivity contribution is 5.88. The molecule has 3 aromatic rings. The number of nitrogens with one attached hydrogen (secondary N) is 2. The van der Waals surface area contributed by atoms with Crippen LogP contribution >= 0.6 is 0 Å². The second-order valence-electron chi connectivity index (χ2n) is 4.38. The van der Waals surface area contributed by atoms with Gasteiger partial charge in [-0.3, -0.25) is 9.97 Å². The third-order valence-electron chi connectivity index (χ3n) is 2.86. The fourth-order valence-corrected chi connectivity index (χ4v) is 1.89. The summed E-state index contributed by atoms with van der Waals surface area (Å²) in [4.78, 5) is 24.3. The molecule has 0 aromatic carbocycles. The van der Waals surface area contributed by atoms with Gasteiger partial charge >= 0.3 is 6.03 Å². The molecule has 3 aromatic heterocycles. The molecule has 22 heavy (non-hydrogen) atoms. The summed E-state index contributed by atoms with van der Waals surface area (Å²) in [5, 5.41) is 5.41. The zero-order chi connectivity index (χ0) is 15.2. The van der Waals surface area contributed by atoms with Crippen LogP contribution in [0.25, 0.3) is 11.5 Å². The number of urea groups is 1. The van der Waals surface area contributed by atoms with Gasteiger partial charge in [0.25, 0.3) is 0 Å². The molecule has 0 saturated carbocycles. The van der Waals surface area contributed by atoms with E-state index in [4.69, 9.17) is 4.42 Å². The number of pyridine rings is 1. The van der Waals surface area contributed by atoms with E-state index in [-0.39, 0.29) is 12.6 Å². The lowest BCUT2D eigenvalue weighted by Crippen LogP contribution is -2.28. The Hall–Kier alpha value is -3.22. The van der Waals surface area contributed by atoms with Gasteiger partial charge in [0.05, 0.1) is 30.4 Å². The standard InChI is InChI=1S/C15H13N5O2/c21-15(20-11-3-1-5-16-9-11)19-10-12-14(18-7-6-17-12)13-4-2-8-22-13/h1-9H,10H2,(H2,19,20,21). The number of carbonyl (C=O) groups excluding carboxylic acids is 1. The Morgan fingerprint density at radius 2 is 2.05 bits per heavy atom. The van der Waals surface area contributed by atoms with E-state index < -0.39 is 0 Å². The monoisotopic (exact) mass is 295 g/mol. The lowest BCUT2D eigenvalue weighted by Gasteiger charge is -2.08. The van der Waals surface area contributed by atoms with E-state index in [1.165, 1.54) is 0 Å². The number of aromatic nitrogens is 3. The Balaban J connectivity index is 1.66. The number of nitrogens with zero attached hydrogens (tertiary/aromatic N) is 3. The summed E-state index contributed by atoms with van der Waals surface area (Å²) in [6.45, 7) is 0.232. The van der Waals surface area contributed by atoms with Crippen LogP contribution in [-0.4, -0.2) is 21.0 Å². The van der Waals surface area contributed by atoms with Crippen LogP contribution in [0, 0.1) is 0 Å². The van der Waals surface area contributed by atoms with Gasteiger partial charge in [-0.2, -0.15) is 0 Å². The Labute approximate surface area is 126 Å². The van der Waals surface area contributed by atoms with Crippen LogP contribution in [0.15, 0.2) is 59.7 Å². The maximum atomic E-state index is 11.9. The molecule has 7 heteroatoms. The molecule has 2 N–H and O–H groups in total. The van der Waals surface area contributed by atoms with E-state index in [1.54, 1.807) is 55.3 Å². The lowest BCUT2D eigenvalue weighted by atomic mass is 10.2. The van der Waals surface area contributed by atoms with E-state index >= 15 is 0 Å². The van der Waals surface area contributed by atoms with Gasteiger partial charge in [0.15, 0.2) is 5.76 Å². The van der Waals surface area contributed by atoms with E-state index in [0.29, 0.717) is 22.8 Å². The molecule has 0 saturated heterocycles. The highest BCUT2D eigenvalue weighted by Crippen LogP contribution is 2.19. The summed E-state index contributed by atoms with van der Waals surface area (Å²) >= 11 is 0. The Bertz CT molecular complexity index is 744. The molecular formula is C15H13N5O2. The largest absolute Gasteiger partial charge is 0.463 e. The highest BCUT2D eigenvalue weighted by Gasteiger charge is 2.11. The molecule has 0 aliphatic carbocycles. The second kappa shape index (κ2) is 6.49. The lowest BCUT2D eigenvalue weighted by molar-refractivity contribution is 0.251. The smallest absolute Gasteiger partial charge is 0.319 e. The van der Waals surface area contributed by atoms with Gasteiger partial charge in [0, 0.05) is 18.6 Å². The molecule has 3 rings (SSSR count). The second-order valence-corrected chi connectivity index (χ2v) is 4.38. The van der Waals surface area contributed by atoms with Crippen LogP contribution in [0.4, 0.5) is 10.5 Å². The van der Waals surface area contributed by atoms with E-state index in [2.05, 4.69) is 25.6 Å². The molecule has 0 aliphatic heterocycles. The summed E-state index contributed by atoms with van der Waals surface area (Å²) in [6, 6.07) is 6.72. The summed E-state index contributed by atoms with van der Waals surface area (Å²) in [5.74, 6) is 0.609. The Morgan fingerprint density at radius 3 is 2.82 bits per heavy atom. The van der Waals surface area contributed by atoms with Crippen molar-refractivity contribution >= 4 is 11.7 Å². The highest BCUT2D eigenvalue weighted by atomic mass is 16.3. The van der Waals surface area contributed by atoms with Crippen molar-refractivity contribution in [3.05, 3.63) is 61.0 Å². The van der Waals surface area contributed by atoms with E-state index in [1.807, 2.05) is 0 Å². The molecule has 0 unspecified atom stereocenters. The van der Waals surface area contributed by atoms with Crippen molar-refractivity contribution in [2.75, 3.05) is 5.32 Å². The summed E-state index contributed by atoms with van der Waals surface area (Å²) in [5.41, 5.74) is 1.85. The maximum absolute atomic E-state index is 11.9. The first-order chi connectivity index (χ1) is 10.8.